The van der Waals surface area contributed by atoms with Gasteiger partial charge >= 0.3 is 12.1 Å². The van der Waals surface area contributed by atoms with Crippen LogP contribution in [0.2, 0.25) is 0 Å². The Hall–Kier alpha value is -3.88. The lowest BCUT2D eigenvalue weighted by atomic mass is 9.96. The lowest BCUT2D eigenvalue weighted by molar-refractivity contribution is 0.251. The molecule has 1 aliphatic carbocycles. The second-order valence-corrected chi connectivity index (χ2v) is 16.9. The monoisotopic (exact) mass is 752 g/mol. The van der Waals surface area contributed by atoms with E-state index < -0.39 is 0 Å². The number of allylic oxidation sites excluding steroid dienone is 2. The van der Waals surface area contributed by atoms with E-state index in [0.29, 0.717) is 13.1 Å². The molecule has 0 bridgehead atoms. The summed E-state index contributed by atoms with van der Waals surface area (Å²) in [6, 6.07) is 20.9. The van der Waals surface area contributed by atoms with Crippen LogP contribution in [0.4, 0.5) is 21.0 Å². The van der Waals surface area contributed by atoms with Gasteiger partial charge in [0.05, 0.1) is 0 Å². The Labute approximate surface area is 326 Å². The second kappa shape index (κ2) is 21.1. The quantitative estimate of drug-likeness (QED) is 0.0678. The molecule has 4 amide bonds. The molecule has 4 N–H and O–H groups in total. The fourth-order valence-corrected chi connectivity index (χ4v) is 9.29. The number of urea groups is 2. The number of hydrogen-bond acceptors (Lipinski definition) is 4. The van der Waals surface area contributed by atoms with Crippen LogP contribution in [-0.4, -0.2) is 25.2 Å². The van der Waals surface area contributed by atoms with Crippen LogP contribution in [0.25, 0.3) is 32.0 Å². The SMILES string of the molecule is CCCCCCCCNC(=O)Nc1ccc(-c2cc(C3=C(c4cc(-c5ccc(NC(=O)NCCCCCCCC)cc5)sc4C)CCC3)c(C)s2)cc1. The molecule has 2 aromatic carbocycles. The minimum absolute atomic E-state index is 0.138. The van der Waals surface area contributed by atoms with E-state index >= 15 is 0 Å². The predicted octanol–water partition coefficient (Wildman–Crippen LogP) is 13.8. The third kappa shape index (κ3) is 12.1. The molecule has 1 aliphatic rings. The molecule has 0 fully saturated rings. The Kier molecular flexibility index (Phi) is 16.1. The van der Waals surface area contributed by atoms with Crippen molar-refractivity contribution >= 4 is 57.3 Å². The number of benzene rings is 2. The van der Waals surface area contributed by atoms with Crippen LogP contribution in [0.1, 0.15) is 131 Å². The highest BCUT2D eigenvalue weighted by Crippen LogP contribution is 2.47. The molecule has 6 nitrogen and oxygen atoms in total. The lowest BCUT2D eigenvalue weighted by Gasteiger charge is -2.08. The van der Waals surface area contributed by atoms with Crippen LogP contribution < -0.4 is 21.3 Å². The number of aryl methyl sites for hydroxylation is 2. The molecule has 284 valence electrons. The maximum Gasteiger partial charge on any atom is 0.319 e. The van der Waals surface area contributed by atoms with E-state index in [-0.39, 0.29) is 12.1 Å². The van der Waals surface area contributed by atoms with Gasteiger partial charge in [-0.15, -0.1) is 22.7 Å². The Bertz CT molecular complexity index is 1660. The van der Waals surface area contributed by atoms with Crippen molar-refractivity contribution in [3.8, 4) is 20.9 Å². The van der Waals surface area contributed by atoms with Crippen LogP contribution in [0.15, 0.2) is 60.7 Å². The van der Waals surface area contributed by atoms with E-state index in [4.69, 9.17) is 0 Å². The number of hydrogen-bond donors (Lipinski definition) is 4. The average molecular weight is 753 g/mol. The third-order valence-electron chi connectivity index (χ3n) is 10.2. The Morgan fingerprint density at radius 3 is 1.32 bits per heavy atom. The number of thiophene rings is 2. The zero-order valence-electron chi connectivity index (χ0n) is 32.4. The highest BCUT2D eigenvalue weighted by Gasteiger charge is 2.23. The largest absolute Gasteiger partial charge is 0.338 e. The van der Waals surface area contributed by atoms with E-state index in [1.54, 1.807) is 0 Å². The molecule has 53 heavy (non-hydrogen) atoms. The van der Waals surface area contributed by atoms with Gasteiger partial charge < -0.3 is 21.3 Å². The standard InChI is InChI=1S/C45H60N4O2S2/c1-5-7-9-11-13-15-28-46-44(50)48-36-24-20-34(21-25-36)42-30-40(32(3)52-42)38-18-17-19-39(38)41-31-43(53-33(41)4)35-22-26-37(27-23-35)49-45(51)47-29-16-14-12-10-8-6-2/h20-27,30-31H,5-19,28-29H2,1-4H3,(H2,46,48,50)(H2,47,49,51). The molecule has 5 rings (SSSR count). The van der Waals surface area contributed by atoms with Gasteiger partial charge in [0, 0.05) is 44.0 Å². The van der Waals surface area contributed by atoms with Crippen molar-refractivity contribution in [2.45, 2.75) is 124 Å². The van der Waals surface area contributed by atoms with Crippen molar-refractivity contribution in [2.24, 2.45) is 0 Å². The van der Waals surface area contributed by atoms with E-state index in [0.717, 1.165) is 37.1 Å². The van der Waals surface area contributed by atoms with Gasteiger partial charge in [0.25, 0.3) is 0 Å². The van der Waals surface area contributed by atoms with Gasteiger partial charge in [0.1, 0.15) is 0 Å². The van der Waals surface area contributed by atoms with E-state index in [2.05, 4.69) is 85.4 Å². The van der Waals surface area contributed by atoms with Crippen LogP contribution in [0, 0.1) is 13.8 Å². The number of unbranched alkanes of at least 4 members (excludes halogenated alkanes) is 10. The topological polar surface area (TPSA) is 82.3 Å². The summed E-state index contributed by atoms with van der Waals surface area (Å²) in [7, 11) is 0. The average Bonchev–Trinajstić information content (AvgIpc) is 3.89. The molecule has 2 heterocycles. The van der Waals surface area contributed by atoms with Crippen LogP contribution in [0.5, 0.6) is 0 Å². The van der Waals surface area contributed by atoms with Gasteiger partial charge in [-0.3, -0.25) is 0 Å². The van der Waals surface area contributed by atoms with Crippen molar-refractivity contribution in [3.05, 3.63) is 81.5 Å². The summed E-state index contributed by atoms with van der Waals surface area (Å²) >= 11 is 3.69. The van der Waals surface area contributed by atoms with Crippen LogP contribution >= 0.6 is 22.7 Å². The molecule has 0 unspecified atom stereocenters. The number of carbonyl (C=O) groups is 2. The van der Waals surface area contributed by atoms with E-state index in [1.165, 1.54) is 124 Å². The normalized spacial score (nSPS) is 12.7. The van der Waals surface area contributed by atoms with Crippen molar-refractivity contribution in [1.29, 1.82) is 0 Å². The van der Waals surface area contributed by atoms with Gasteiger partial charge in [0.15, 0.2) is 0 Å². The molecular weight excluding hydrogens is 693 g/mol. The molecule has 0 saturated carbocycles. The van der Waals surface area contributed by atoms with Gasteiger partial charge in [-0.1, -0.05) is 102 Å². The smallest absolute Gasteiger partial charge is 0.319 e. The molecule has 0 spiro atoms. The summed E-state index contributed by atoms with van der Waals surface area (Å²) in [5, 5.41) is 12.0. The summed E-state index contributed by atoms with van der Waals surface area (Å²) < 4.78 is 0. The van der Waals surface area contributed by atoms with Gasteiger partial charge in [-0.25, -0.2) is 9.59 Å². The zero-order chi connectivity index (χ0) is 37.4. The maximum absolute atomic E-state index is 12.4. The molecule has 8 heteroatoms. The fraction of sp³-hybridized carbons (Fsp3) is 0.467. The number of carbonyl (C=O) groups excluding carboxylic acids is 2. The first-order chi connectivity index (χ1) is 25.9. The van der Waals surface area contributed by atoms with Crippen LogP contribution in [0.3, 0.4) is 0 Å². The first-order valence-electron chi connectivity index (χ1n) is 20.1. The number of rotatable bonds is 20. The molecule has 2 aromatic heterocycles. The third-order valence-corrected chi connectivity index (χ3v) is 12.4. The number of nitrogens with one attached hydrogen (secondary N) is 4. The Morgan fingerprint density at radius 1 is 0.547 bits per heavy atom. The zero-order valence-corrected chi connectivity index (χ0v) is 34.1. The summed E-state index contributed by atoms with van der Waals surface area (Å²) in [5.41, 5.74) is 9.64. The Balaban J connectivity index is 1.17. The highest BCUT2D eigenvalue weighted by molar-refractivity contribution is 7.16. The first kappa shape index (κ1) is 40.3. The van der Waals surface area contributed by atoms with Crippen molar-refractivity contribution < 1.29 is 9.59 Å². The van der Waals surface area contributed by atoms with Gasteiger partial charge in [-0.05, 0) is 116 Å². The minimum atomic E-state index is -0.138. The van der Waals surface area contributed by atoms with Gasteiger partial charge in [0.2, 0.25) is 0 Å². The van der Waals surface area contributed by atoms with Crippen molar-refractivity contribution in [3.63, 3.8) is 0 Å². The summed E-state index contributed by atoms with van der Waals surface area (Å²) in [6.45, 7) is 10.4. The Morgan fingerprint density at radius 2 is 0.925 bits per heavy atom. The van der Waals surface area contributed by atoms with Gasteiger partial charge in [-0.2, -0.15) is 0 Å². The lowest BCUT2D eigenvalue weighted by Crippen LogP contribution is -2.29. The molecule has 4 aromatic rings. The molecule has 0 atom stereocenters. The minimum Gasteiger partial charge on any atom is -0.338 e. The van der Waals surface area contributed by atoms with Crippen molar-refractivity contribution in [1.82, 2.24) is 10.6 Å². The maximum atomic E-state index is 12.4. The fourth-order valence-electron chi connectivity index (χ4n) is 7.19. The first-order valence-corrected chi connectivity index (χ1v) is 21.7. The van der Waals surface area contributed by atoms with E-state index in [9.17, 15) is 9.59 Å². The number of anilines is 2. The molecular formula is C45H60N4O2S2. The van der Waals surface area contributed by atoms with Crippen LogP contribution in [-0.2, 0) is 0 Å². The molecule has 0 aliphatic heterocycles. The number of amides is 4. The molecule has 0 radical (unpaired) electrons. The van der Waals surface area contributed by atoms with Crippen molar-refractivity contribution in [2.75, 3.05) is 23.7 Å². The molecule has 0 saturated heterocycles. The summed E-state index contributed by atoms with van der Waals surface area (Å²) in [6.07, 6.45) is 17.9. The van der Waals surface area contributed by atoms with E-state index in [1.807, 2.05) is 46.9 Å². The predicted molar refractivity (Wildman–Crippen MR) is 230 cm³/mol. The highest BCUT2D eigenvalue weighted by atomic mass is 32.1. The summed E-state index contributed by atoms with van der Waals surface area (Å²) in [4.78, 5) is 30.0. The summed E-state index contributed by atoms with van der Waals surface area (Å²) in [5.74, 6) is 0. The second-order valence-electron chi connectivity index (χ2n) is 14.4.